The largest absolute Gasteiger partial charge is 0.465 e. The second-order valence-corrected chi connectivity index (χ2v) is 18.4. The number of pyridine rings is 1. The molecule has 2 aliphatic rings. The lowest BCUT2D eigenvalue weighted by atomic mass is 9.97. The Bertz CT molecular complexity index is 1670. The molecule has 2 aliphatic heterocycles. The molecule has 1 aromatic carbocycles. The summed E-state index contributed by atoms with van der Waals surface area (Å²) in [6, 6.07) is 8.56. The van der Waals surface area contributed by atoms with E-state index in [-0.39, 0.29) is 23.7 Å². The Morgan fingerprint density at radius 1 is 1.17 bits per heavy atom. The van der Waals surface area contributed by atoms with E-state index in [0.717, 1.165) is 54.1 Å². The van der Waals surface area contributed by atoms with Gasteiger partial charge in [-0.25, -0.2) is 14.8 Å². The van der Waals surface area contributed by atoms with Crippen LogP contribution in [0.15, 0.2) is 41.5 Å². The minimum atomic E-state index is -1.25. The van der Waals surface area contributed by atoms with Crippen LogP contribution < -0.4 is 15.8 Å². The van der Waals surface area contributed by atoms with Gasteiger partial charge in [0.05, 0.1) is 16.7 Å². The van der Waals surface area contributed by atoms with Crippen molar-refractivity contribution < 1.29 is 14.6 Å². The number of carboxylic acid groups (broad SMARTS) is 1. The number of halogens is 1. The first-order valence-electron chi connectivity index (χ1n) is 14.1. The van der Waals surface area contributed by atoms with E-state index in [2.05, 4.69) is 34.8 Å². The highest BCUT2D eigenvalue weighted by Crippen LogP contribution is 2.41. The predicted octanol–water partition coefficient (Wildman–Crippen LogP) is 5.67. The van der Waals surface area contributed by atoms with Gasteiger partial charge >= 0.3 is 6.09 Å². The molecule has 12 heteroatoms. The summed E-state index contributed by atoms with van der Waals surface area (Å²) >= 11 is 6.87. The van der Waals surface area contributed by atoms with Gasteiger partial charge in [0.1, 0.15) is 18.1 Å². The Kier molecular flexibility index (Phi) is 7.29. The van der Waals surface area contributed by atoms with Crippen molar-refractivity contribution in [3.05, 3.63) is 52.0 Å². The lowest BCUT2D eigenvalue weighted by Crippen LogP contribution is -2.50. The lowest BCUT2D eigenvalue weighted by molar-refractivity contribution is 0.0899. The van der Waals surface area contributed by atoms with Gasteiger partial charge in [0.2, 0.25) is 5.56 Å². The van der Waals surface area contributed by atoms with Gasteiger partial charge in [-0.1, -0.05) is 43.4 Å². The first-order valence-corrected chi connectivity index (χ1v) is 18.2. The molecule has 3 atom stereocenters. The van der Waals surface area contributed by atoms with Crippen LogP contribution in [-0.4, -0.2) is 63.5 Å². The number of nitrogens with zero attached hydrogens (tertiary/aromatic N) is 4. The molecular formula is C29H35ClN6O4Si. The molecule has 2 fully saturated rings. The fourth-order valence-electron chi connectivity index (χ4n) is 6.24. The molecule has 6 rings (SSSR count). The molecule has 4 aromatic rings. The van der Waals surface area contributed by atoms with Gasteiger partial charge in [0, 0.05) is 56.2 Å². The number of fused-ring (bicyclic) bond motifs is 4. The highest BCUT2D eigenvalue weighted by Gasteiger charge is 2.42. The van der Waals surface area contributed by atoms with E-state index < -0.39 is 14.2 Å². The zero-order chi connectivity index (χ0) is 28.9. The molecule has 0 radical (unpaired) electrons. The molecule has 216 valence electrons. The fraction of sp³-hybridized carbons (Fsp3) is 0.448. The number of piperidine rings is 1. The molecule has 2 bridgehead atoms. The van der Waals surface area contributed by atoms with Gasteiger partial charge in [-0.3, -0.25) is 4.79 Å². The molecule has 0 aliphatic carbocycles. The van der Waals surface area contributed by atoms with Crippen molar-refractivity contribution in [3.63, 3.8) is 0 Å². The Morgan fingerprint density at radius 2 is 1.90 bits per heavy atom. The average molecular weight is 595 g/mol. The van der Waals surface area contributed by atoms with Crippen LogP contribution in [0.2, 0.25) is 30.7 Å². The van der Waals surface area contributed by atoms with Crippen molar-refractivity contribution in [1.82, 2.24) is 24.8 Å². The van der Waals surface area contributed by atoms with Crippen LogP contribution >= 0.6 is 11.6 Å². The molecular weight excluding hydrogens is 560 g/mol. The number of nitrogens with one attached hydrogen (secondary N) is 2. The molecule has 3 N–H and O–H groups in total. The van der Waals surface area contributed by atoms with Crippen LogP contribution in [0, 0.1) is 0 Å². The number of benzene rings is 1. The number of amides is 1. The normalized spacial score (nSPS) is 20.7. The SMILES string of the molecule is C[Si](C)(C)CCOCn1cc(-c2ccc3ccc(=O)[nH]c3c2Cl)c2ncc(N3[C@@H]4CC[C@H]3C[C@@H](NC(=O)O)C4)nc21. The first kappa shape index (κ1) is 27.7. The summed E-state index contributed by atoms with van der Waals surface area (Å²) in [5.41, 5.74) is 3.36. The standard InChI is InChI=1S/C29H35ClN6O4Si/c1-41(2,3)11-10-40-16-35-15-22(21-8-4-17-5-9-24(37)34-26(17)25(21)30)27-28(35)33-23(14-31-27)36-19-6-7-20(36)13-18(12-19)32-29(38)39/h4-5,8-9,14-15,18-20,32H,6-7,10-13,16H2,1-3H3,(H,34,37)(H,38,39)/t18-,19+,20-. The van der Waals surface area contributed by atoms with Gasteiger partial charge in [-0.05, 0) is 43.2 Å². The molecule has 41 heavy (non-hydrogen) atoms. The third kappa shape index (κ3) is 5.58. The van der Waals surface area contributed by atoms with E-state index in [9.17, 15) is 14.7 Å². The van der Waals surface area contributed by atoms with Crippen LogP contribution in [-0.2, 0) is 11.5 Å². The zero-order valence-electron chi connectivity index (χ0n) is 23.5. The van der Waals surface area contributed by atoms with Crippen LogP contribution in [0.4, 0.5) is 10.6 Å². The highest BCUT2D eigenvalue weighted by atomic mass is 35.5. The quantitative estimate of drug-likeness (QED) is 0.177. The average Bonchev–Trinajstić information content (AvgIpc) is 3.40. The van der Waals surface area contributed by atoms with Crippen molar-refractivity contribution in [2.24, 2.45) is 0 Å². The number of anilines is 1. The second kappa shape index (κ2) is 10.8. The van der Waals surface area contributed by atoms with Crippen molar-refractivity contribution in [2.45, 2.75) is 76.2 Å². The number of aromatic amines is 1. The number of rotatable bonds is 8. The molecule has 0 spiro atoms. The summed E-state index contributed by atoms with van der Waals surface area (Å²) < 4.78 is 8.12. The second-order valence-electron chi connectivity index (χ2n) is 12.4. The number of hydrogen-bond acceptors (Lipinski definition) is 6. The van der Waals surface area contributed by atoms with Crippen LogP contribution in [0.25, 0.3) is 33.2 Å². The smallest absolute Gasteiger partial charge is 0.404 e. The van der Waals surface area contributed by atoms with E-state index >= 15 is 0 Å². The van der Waals surface area contributed by atoms with E-state index in [1.807, 2.05) is 29.1 Å². The molecule has 3 aromatic heterocycles. The lowest BCUT2D eigenvalue weighted by Gasteiger charge is -2.39. The van der Waals surface area contributed by atoms with E-state index in [4.69, 9.17) is 26.3 Å². The molecule has 0 saturated carbocycles. The summed E-state index contributed by atoms with van der Waals surface area (Å²) in [6.07, 6.45) is 6.32. The molecule has 10 nitrogen and oxygen atoms in total. The maximum absolute atomic E-state index is 12.0. The van der Waals surface area contributed by atoms with E-state index in [0.29, 0.717) is 35.0 Å². The molecule has 0 unspecified atom stereocenters. The zero-order valence-corrected chi connectivity index (χ0v) is 25.2. The molecule has 2 saturated heterocycles. The minimum Gasteiger partial charge on any atom is -0.465 e. The number of ether oxygens (including phenoxy) is 1. The molecule has 1 amide bonds. The Labute approximate surface area is 243 Å². The van der Waals surface area contributed by atoms with Gasteiger partial charge in [-0.15, -0.1) is 0 Å². The van der Waals surface area contributed by atoms with Crippen molar-refractivity contribution in [1.29, 1.82) is 0 Å². The van der Waals surface area contributed by atoms with E-state index in [1.165, 1.54) is 6.07 Å². The fourth-order valence-corrected chi connectivity index (χ4v) is 7.32. The Hall–Kier alpha value is -3.41. The van der Waals surface area contributed by atoms with Crippen LogP contribution in [0.3, 0.4) is 0 Å². The summed E-state index contributed by atoms with van der Waals surface area (Å²) in [5.74, 6) is 0.792. The Balaban J connectivity index is 1.39. The van der Waals surface area contributed by atoms with Gasteiger partial charge in [-0.2, -0.15) is 0 Å². The van der Waals surface area contributed by atoms with Crippen molar-refractivity contribution >= 4 is 53.7 Å². The maximum Gasteiger partial charge on any atom is 0.404 e. The van der Waals surface area contributed by atoms with Crippen LogP contribution in [0.1, 0.15) is 25.7 Å². The number of H-pyrrole nitrogens is 1. The van der Waals surface area contributed by atoms with Gasteiger partial charge in [0.15, 0.2) is 5.65 Å². The van der Waals surface area contributed by atoms with Gasteiger partial charge in [0.25, 0.3) is 0 Å². The summed E-state index contributed by atoms with van der Waals surface area (Å²) in [7, 11) is -1.25. The monoisotopic (exact) mass is 594 g/mol. The maximum atomic E-state index is 12.0. The third-order valence-corrected chi connectivity index (χ3v) is 10.3. The highest BCUT2D eigenvalue weighted by molar-refractivity contribution is 6.76. The summed E-state index contributed by atoms with van der Waals surface area (Å²) in [6.45, 7) is 7.98. The first-order chi connectivity index (χ1) is 19.6. The topological polar surface area (TPSA) is 125 Å². The van der Waals surface area contributed by atoms with Gasteiger partial charge < -0.3 is 29.6 Å². The van der Waals surface area contributed by atoms with Crippen molar-refractivity contribution in [3.8, 4) is 11.1 Å². The number of aromatic nitrogens is 4. The van der Waals surface area contributed by atoms with Crippen molar-refractivity contribution in [2.75, 3.05) is 11.5 Å². The summed E-state index contributed by atoms with van der Waals surface area (Å²) in [5, 5.41) is 13.2. The molecule has 5 heterocycles. The number of hydrogen-bond donors (Lipinski definition) is 3. The van der Waals surface area contributed by atoms with Crippen LogP contribution in [0.5, 0.6) is 0 Å². The predicted molar refractivity (Wildman–Crippen MR) is 164 cm³/mol. The summed E-state index contributed by atoms with van der Waals surface area (Å²) in [4.78, 5) is 38.5. The minimum absolute atomic E-state index is 0.0466. The third-order valence-electron chi connectivity index (χ3n) is 8.23. The van der Waals surface area contributed by atoms with E-state index in [1.54, 1.807) is 6.07 Å². The Morgan fingerprint density at radius 3 is 2.61 bits per heavy atom. The number of carbonyl (C=O) groups is 1.